The van der Waals surface area contributed by atoms with Crippen molar-refractivity contribution < 1.29 is 9.47 Å². The summed E-state index contributed by atoms with van der Waals surface area (Å²) in [4.78, 5) is 0. The quantitative estimate of drug-likeness (QED) is 0.907. The Morgan fingerprint density at radius 3 is 2.35 bits per heavy atom. The van der Waals surface area contributed by atoms with E-state index in [4.69, 9.17) is 15.2 Å². The molecule has 3 heteroatoms. The van der Waals surface area contributed by atoms with Crippen molar-refractivity contribution in [1.29, 1.82) is 0 Å². The van der Waals surface area contributed by atoms with E-state index in [1.54, 1.807) is 14.2 Å². The maximum Gasteiger partial charge on any atom is 0.161 e. The van der Waals surface area contributed by atoms with Crippen LogP contribution in [0.1, 0.15) is 29.7 Å². The monoisotopic (exact) mass is 271 g/mol. The minimum atomic E-state index is -0.161. The third-order valence-corrected chi connectivity index (χ3v) is 3.54. The fourth-order valence-corrected chi connectivity index (χ4v) is 2.39. The van der Waals surface area contributed by atoms with Crippen LogP contribution in [0.15, 0.2) is 42.5 Å². The second-order valence-electron chi connectivity index (χ2n) is 4.64. The van der Waals surface area contributed by atoms with Crippen LogP contribution in [-0.2, 0) is 6.42 Å². The number of rotatable bonds is 5. The molecule has 2 rings (SSSR count). The highest BCUT2D eigenvalue weighted by atomic mass is 16.5. The van der Waals surface area contributed by atoms with Crippen LogP contribution in [-0.4, -0.2) is 14.2 Å². The summed E-state index contributed by atoms with van der Waals surface area (Å²) in [6, 6.07) is 13.9. The second kappa shape index (κ2) is 6.44. The Hall–Kier alpha value is -2.00. The van der Waals surface area contributed by atoms with Gasteiger partial charge in [-0.2, -0.15) is 0 Å². The zero-order chi connectivity index (χ0) is 14.5. The smallest absolute Gasteiger partial charge is 0.161 e. The summed E-state index contributed by atoms with van der Waals surface area (Å²) in [5.74, 6) is 1.42. The summed E-state index contributed by atoms with van der Waals surface area (Å²) in [6.45, 7) is 2.14. The lowest BCUT2D eigenvalue weighted by Gasteiger charge is -2.18. The van der Waals surface area contributed by atoms with Gasteiger partial charge in [-0.15, -0.1) is 0 Å². The van der Waals surface area contributed by atoms with Crippen LogP contribution < -0.4 is 15.2 Å². The van der Waals surface area contributed by atoms with E-state index in [0.29, 0.717) is 11.5 Å². The van der Waals surface area contributed by atoms with E-state index in [2.05, 4.69) is 19.1 Å². The fraction of sp³-hybridized carbons (Fsp3) is 0.294. The fourth-order valence-electron chi connectivity index (χ4n) is 2.39. The Labute approximate surface area is 120 Å². The molecule has 20 heavy (non-hydrogen) atoms. The van der Waals surface area contributed by atoms with Crippen molar-refractivity contribution in [3.05, 3.63) is 59.2 Å². The molecule has 0 aliphatic heterocycles. The average molecular weight is 271 g/mol. The lowest BCUT2D eigenvalue weighted by molar-refractivity contribution is 0.354. The summed E-state index contributed by atoms with van der Waals surface area (Å²) in [5, 5.41) is 0. The third-order valence-electron chi connectivity index (χ3n) is 3.54. The molecule has 0 heterocycles. The van der Waals surface area contributed by atoms with E-state index in [0.717, 1.165) is 17.5 Å². The number of ether oxygens (including phenoxy) is 2. The van der Waals surface area contributed by atoms with E-state index in [1.165, 1.54) is 5.56 Å². The number of hydrogen-bond donors (Lipinski definition) is 1. The average Bonchev–Trinajstić information content (AvgIpc) is 2.53. The van der Waals surface area contributed by atoms with Crippen molar-refractivity contribution in [2.24, 2.45) is 5.73 Å². The van der Waals surface area contributed by atoms with Crippen LogP contribution in [0.4, 0.5) is 0 Å². The molecule has 2 N–H and O–H groups in total. The van der Waals surface area contributed by atoms with Gasteiger partial charge >= 0.3 is 0 Å². The summed E-state index contributed by atoms with van der Waals surface area (Å²) >= 11 is 0. The molecule has 0 spiro atoms. The number of aryl methyl sites for hydroxylation is 1. The molecule has 0 bridgehead atoms. The first kappa shape index (κ1) is 14.4. The van der Waals surface area contributed by atoms with Gasteiger partial charge in [-0.25, -0.2) is 0 Å². The number of methoxy groups -OCH3 is 2. The highest BCUT2D eigenvalue weighted by molar-refractivity contribution is 5.46. The first-order valence-electron chi connectivity index (χ1n) is 6.76. The Bertz CT molecular complexity index is 581. The highest BCUT2D eigenvalue weighted by Crippen LogP contribution is 2.32. The summed E-state index contributed by atoms with van der Waals surface area (Å²) in [5.41, 5.74) is 9.86. The van der Waals surface area contributed by atoms with Crippen molar-refractivity contribution in [3.8, 4) is 11.5 Å². The molecule has 0 aromatic heterocycles. The molecule has 1 unspecified atom stereocenters. The molecule has 3 nitrogen and oxygen atoms in total. The molecule has 0 fully saturated rings. The lowest BCUT2D eigenvalue weighted by Crippen LogP contribution is -2.14. The van der Waals surface area contributed by atoms with Gasteiger partial charge in [0.2, 0.25) is 0 Å². The molecule has 0 amide bonds. The maximum absolute atomic E-state index is 6.41. The number of nitrogens with two attached hydrogens (primary N) is 1. The number of hydrogen-bond acceptors (Lipinski definition) is 3. The molecule has 0 radical (unpaired) electrons. The molecule has 0 saturated carbocycles. The summed E-state index contributed by atoms with van der Waals surface area (Å²) in [6.07, 6.45) is 0.969. The van der Waals surface area contributed by atoms with E-state index < -0.39 is 0 Å². The van der Waals surface area contributed by atoms with Crippen molar-refractivity contribution in [2.45, 2.75) is 19.4 Å². The molecular formula is C17H21NO2. The van der Waals surface area contributed by atoms with Gasteiger partial charge in [0, 0.05) is 0 Å². The van der Waals surface area contributed by atoms with E-state index in [1.807, 2.05) is 30.3 Å². The SMILES string of the molecule is CCc1ccccc1C(N)c1ccc(OC)c(OC)c1. The van der Waals surface area contributed by atoms with Gasteiger partial charge in [-0.1, -0.05) is 37.3 Å². The molecule has 1 atom stereocenters. The Morgan fingerprint density at radius 2 is 1.70 bits per heavy atom. The Balaban J connectivity index is 2.40. The summed E-state index contributed by atoms with van der Waals surface area (Å²) in [7, 11) is 3.26. The predicted octanol–water partition coefficient (Wildman–Crippen LogP) is 3.31. The van der Waals surface area contributed by atoms with Gasteiger partial charge in [-0.3, -0.25) is 0 Å². The standard InChI is InChI=1S/C17H21NO2/c1-4-12-7-5-6-8-14(12)17(18)13-9-10-15(19-2)16(11-13)20-3/h5-11,17H,4,18H2,1-3H3. The molecule has 0 aliphatic rings. The van der Waals surface area contributed by atoms with Crippen molar-refractivity contribution in [2.75, 3.05) is 14.2 Å². The largest absolute Gasteiger partial charge is 0.493 e. The lowest BCUT2D eigenvalue weighted by atomic mass is 9.94. The summed E-state index contributed by atoms with van der Waals surface area (Å²) < 4.78 is 10.6. The van der Waals surface area contributed by atoms with Crippen LogP contribution in [0.25, 0.3) is 0 Å². The minimum Gasteiger partial charge on any atom is -0.493 e. The topological polar surface area (TPSA) is 44.5 Å². The van der Waals surface area contributed by atoms with Gasteiger partial charge in [-0.05, 0) is 35.2 Å². The Kier molecular flexibility index (Phi) is 4.64. The van der Waals surface area contributed by atoms with Gasteiger partial charge in [0.05, 0.1) is 20.3 Å². The van der Waals surface area contributed by atoms with Gasteiger partial charge in [0.1, 0.15) is 0 Å². The highest BCUT2D eigenvalue weighted by Gasteiger charge is 2.14. The maximum atomic E-state index is 6.41. The molecule has 0 aliphatic carbocycles. The zero-order valence-corrected chi connectivity index (χ0v) is 12.2. The van der Waals surface area contributed by atoms with Crippen molar-refractivity contribution >= 4 is 0 Å². The molecule has 0 saturated heterocycles. The van der Waals surface area contributed by atoms with E-state index >= 15 is 0 Å². The molecular weight excluding hydrogens is 250 g/mol. The molecule has 2 aromatic rings. The Morgan fingerprint density at radius 1 is 1.00 bits per heavy atom. The third kappa shape index (κ3) is 2.78. The molecule has 2 aromatic carbocycles. The van der Waals surface area contributed by atoms with Crippen molar-refractivity contribution in [1.82, 2.24) is 0 Å². The van der Waals surface area contributed by atoms with Crippen molar-refractivity contribution in [3.63, 3.8) is 0 Å². The number of benzene rings is 2. The first-order valence-corrected chi connectivity index (χ1v) is 6.76. The van der Waals surface area contributed by atoms with Crippen LogP contribution in [0.2, 0.25) is 0 Å². The van der Waals surface area contributed by atoms with Crippen LogP contribution in [0.3, 0.4) is 0 Å². The van der Waals surface area contributed by atoms with E-state index in [-0.39, 0.29) is 6.04 Å². The second-order valence-corrected chi connectivity index (χ2v) is 4.64. The molecule has 106 valence electrons. The zero-order valence-electron chi connectivity index (χ0n) is 12.2. The van der Waals surface area contributed by atoms with E-state index in [9.17, 15) is 0 Å². The minimum absolute atomic E-state index is 0.161. The van der Waals surface area contributed by atoms with Gasteiger partial charge in [0.15, 0.2) is 11.5 Å². The van der Waals surface area contributed by atoms with Crippen LogP contribution in [0, 0.1) is 0 Å². The van der Waals surface area contributed by atoms with Crippen LogP contribution >= 0.6 is 0 Å². The normalized spacial score (nSPS) is 12.0. The van der Waals surface area contributed by atoms with Gasteiger partial charge in [0.25, 0.3) is 0 Å². The van der Waals surface area contributed by atoms with Crippen LogP contribution in [0.5, 0.6) is 11.5 Å². The van der Waals surface area contributed by atoms with Gasteiger partial charge < -0.3 is 15.2 Å². The predicted molar refractivity (Wildman–Crippen MR) is 81.4 cm³/mol. The first-order chi connectivity index (χ1) is 9.71.